The lowest BCUT2D eigenvalue weighted by Gasteiger charge is -2.18. The van der Waals surface area contributed by atoms with E-state index in [1.54, 1.807) is 4.90 Å². The summed E-state index contributed by atoms with van der Waals surface area (Å²) >= 11 is 0. The number of carbonyl (C=O) groups excluding carboxylic acids is 1. The van der Waals surface area contributed by atoms with Gasteiger partial charge in [-0.15, -0.1) is 0 Å². The van der Waals surface area contributed by atoms with Gasteiger partial charge in [0.1, 0.15) is 12.4 Å². The summed E-state index contributed by atoms with van der Waals surface area (Å²) in [5.41, 5.74) is 2.38. The molecule has 21 heavy (non-hydrogen) atoms. The molecule has 1 amide bonds. The van der Waals surface area contributed by atoms with Gasteiger partial charge < -0.3 is 15.0 Å². The molecule has 0 aliphatic carbocycles. The molecule has 0 spiro atoms. The number of likely N-dealkylation sites (N-methyl/N-ethyl adjacent to an activating group) is 1. The SMILES string of the molecule is Cc1cc(C)cc(OCCN(C)C(=O)CCNC(C)C)c1. The van der Waals surface area contributed by atoms with Crippen molar-refractivity contribution in [1.82, 2.24) is 10.2 Å². The van der Waals surface area contributed by atoms with Crippen LogP contribution in [0, 0.1) is 13.8 Å². The first kappa shape index (κ1) is 17.5. The highest BCUT2D eigenvalue weighted by Crippen LogP contribution is 2.15. The topological polar surface area (TPSA) is 41.6 Å². The Kier molecular flexibility index (Phi) is 7.23. The smallest absolute Gasteiger partial charge is 0.223 e. The van der Waals surface area contributed by atoms with Crippen molar-refractivity contribution in [2.24, 2.45) is 0 Å². The summed E-state index contributed by atoms with van der Waals surface area (Å²) in [6.45, 7) is 10.1. The number of amides is 1. The Hall–Kier alpha value is -1.55. The molecule has 4 heteroatoms. The highest BCUT2D eigenvalue weighted by molar-refractivity contribution is 5.76. The van der Waals surface area contributed by atoms with Crippen molar-refractivity contribution in [2.75, 3.05) is 26.7 Å². The standard InChI is InChI=1S/C17H28N2O2/c1-13(2)18-7-6-17(20)19(5)8-9-21-16-11-14(3)10-15(4)12-16/h10-13,18H,6-9H2,1-5H3. The molecular formula is C17H28N2O2. The second-order valence-electron chi connectivity index (χ2n) is 5.85. The summed E-state index contributed by atoms with van der Waals surface area (Å²) in [5, 5.41) is 3.25. The molecule has 1 aromatic carbocycles. The molecule has 0 saturated carbocycles. The van der Waals surface area contributed by atoms with E-state index >= 15 is 0 Å². The van der Waals surface area contributed by atoms with E-state index in [4.69, 9.17) is 4.74 Å². The van der Waals surface area contributed by atoms with Crippen LogP contribution in [0.15, 0.2) is 18.2 Å². The minimum atomic E-state index is 0.146. The first-order chi connectivity index (χ1) is 9.88. The summed E-state index contributed by atoms with van der Waals surface area (Å²) in [4.78, 5) is 13.6. The molecule has 4 nitrogen and oxygen atoms in total. The first-order valence-electron chi connectivity index (χ1n) is 7.57. The molecule has 0 radical (unpaired) electrons. The van der Waals surface area contributed by atoms with Crippen LogP contribution in [-0.2, 0) is 4.79 Å². The Bertz CT molecular complexity index is 438. The molecule has 0 bridgehead atoms. The van der Waals surface area contributed by atoms with Gasteiger partial charge in [0.05, 0.1) is 6.54 Å². The van der Waals surface area contributed by atoms with Crippen LogP contribution < -0.4 is 10.1 Å². The quantitative estimate of drug-likeness (QED) is 0.800. The number of rotatable bonds is 8. The lowest BCUT2D eigenvalue weighted by Crippen LogP contribution is -2.34. The van der Waals surface area contributed by atoms with E-state index < -0.39 is 0 Å². The maximum Gasteiger partial charge on any atom is 0.223 e. The van der Waals surface area contributed by atoms with E-state index in [0.29, 0.717) is 25.6 Å². The Balaban J connectivity index is 2.29. The molecule has 0 heterocycles. The summed E-state index contributed by atoms with van der Waals surface area (Å²) < 4.78 is 5.72. The van der Waals surface area contributed by atoms with E-state index in [9.17, 15) is 4.79 Å². The number of aryl methyl sites for hydroxylation is 2. The number of hydrogen-bond donors (Lipinski definition) is 1. The third-order valence-corrected chi connectivity index (χ3v) is 3.21. The lowest BCUT2D eigenvalue weighted by atomic mass is 10.1. The van der Waals surface area contributed by atoms with Crippen LogP contribution in [0.5, 0.6) is 5.75 Å². The van der Waals surface area contributed by atoms with Gasteiger partial charge in [-0.3, -0.25) is 4.79 Å². The van der Waals surface area contributed by atoms with Gasteiger partial charge in [-0.2, -0.15) is 0 Å². The summed E-state index contributed by atoms with van der Waals surface area (Å²) in [6.07, 6.45) is 0.526. The average molecular weight is 292 g/mol. The second kappa shape index (κ2) is 8.67. The van der Waals surface area contributed by atoms with Crippen LogP contribution >= 0.6 is 0 Å². The van der Waals surface area contributed by atoms with Gasteiger partial charge in [0.25, 0.3) is 0 Å². The Morgan fingerprint density at radius 1 is 1.24 bits per heavy atom. The molecule has 0 unspecified atom stereocenters. The van der Waals surface area contributed by atoms with Gasteiger partial charge in [0.15, 0.2) is 0 Å². The summed E-state index contributed by atoms with van der Waals surface area (Å²) in [5.74, 6) is 1.02. The van der Waals surface area contributed by atoms with Crippen LogP contribution in [0.25, 0.3) is 0 Å². The van der Waals surface area contributed by atoms with Crippen molar-refractivity contribution in [1.29, 1.82) is 0 Å². The molecular weight excluding hydrogens is 264 g/mol. The summed E-state index contributed by atoms with van der Waals surface area (Å²) in [7, 11) is 1.82. The maximum atomic E-state index is 11.9. The highest BCUT2D eigenvalue weighted by Gasteiger charge is 2.08. The Morgan fingerprint density at radius 2 is 1.86 bits per heavy atom. The molecule has 0 saturated heterocycles. The van der Waals surface area contributed by atoms with Crippen LogP contribution in [0.4, 0.5) is 0 Å². The van der Waals surface area contributed by atoms with Crippen LogP contribution in [0.3, 0.4) is 0 Å². The van der Waals surface area contributed by atoms with E-state index in [-0.39, 0.29) is 5.91 Å². The molecule has 118 valence electrons. The monoisotopic (exact) mass is 292 g/mol. The van der Waals surface area contributed by atoms with Crippen molar-refractivity contribution in [3.8, 4) is 5.75 Å². The van der Waals surface area contributed by atoms with Gasteiger partial charge >= 0.3 is 0 Å². The predicted molar refractivity (Wildman–Crippen MR) is 86.8 cm³/mol. The molecule has 1 rings (SSSR count). The maximum absolute atomic E-state index is 11.9. The normalized spacial score (nSPS) is 10.8. The largest absolute Gasteiger partial charge is 0.492 e. The van der Waals surface area contributed by atoms with Gasteiger partial charge in [0, 0.05) is 26.1 Å². The third kappa shape index (κ3) is 7.14. The number of benzene rings is 1. The van der Waals surface area contributed by atoms with Gasteiger partial charge in [-0.25, -0.2) is 0 Å². The average Bonchev–Trinajstić information content (AvgIpc) is 2.36. The molecule has 0 fully saturated rings. The van der Waals surface area contributed by atoms with Gasteiger partial charge in [-0.1, -0.05) is 19.9 Å². The minimum Gasteiger partial charge on any atom is -0.492 e. The zero-order valence-corrected chi connectivity index (χ0v) is 13.9. The zero-order chi connectivity index (χ0) is 15.8. The Morgan fingerprint density at radius 3 is 2.43 bits per heavy atom. The van der Waals surface area contributed by atoms with Crippen molar-refractivity contribution in [3.63, 3.8) is 0 Å². The van der Waals surface area contributed by atoms with Crippen molar-refractivity contribution >= 4 is 5.91 Å². The Labute approximate surface area is 128 Å². The zero-order valence-electron chi connectivity index (χ0n) is 13.9. The number of nitrogens with one attached hydrogen (secondary N) is 1. The number of ether oxygens (including phenoxy) is 1. The van der Waals surface area contributed by atoms with E-state index in [1.807, 2.05) is 19.2 Å². The van der Waals surface area contributed by atoms with E-state index in [0.717, 1.165) is 12.3 Å². The van der Waals surface area contributed by atoms with Gasteiger partial charge in [0.2, 0.25) is 5.91 Å². The van der Waals surface area contributed by atoms with E-state index in [1.165, 1.54) is 11.1 Å². The van der Waals surface area contributed by atoms with Crippen LogP contribution in [0.2, 0.25) is 0 Å². The molecule has 0 aromatic heterocycles. The first-order valence-corrected chi connectivity index (χ1v) is 7.57. The molecule has 1 N–H and O–H groups in total. The van der Waals surface area contributed by atoms with E-state index in [2.05, 4.69) is 39.1 Å². The molecule has 0 aliphatic heterocycles. The molecule has 0 aliphatic rings. The van der Waals surface area contributed by atoms with Crippen LogP contribution in [-0.4, -0.2) is 43.6 Å². The molecule has 0 atom stereocenters. The number of hydrogen-bond acceptors (Lipinski definition) is 3. The van der Waals surface area contributed by atoms with Crippen molar-refractivity contribution in [3.05, 3.63) is 29.3 Å². The van der Waals surface area contributed by atoms with Gasteiger partial charge in [-0.05, 0) is 37.1 Å². The van der Waals surface area contributed by atoms with Crippen molar-refractivity contribution in [2.45, 2.75) is 40.2 Å². The fourth-order valence-electron chi connectivity index (χ4n) is 2.10. The predicted octanol–water partition coefficient (Wildman–Crippen LogP) is 2.53. The third-order valence-electron chi connectivity index (χ3n) is 3.21. The molecule has 1 aromatic rings. The number of carbonyl (C=O) groups is 1. The minimum absolute atomic E-state index is 0.146. The summed E-state index contributed by atoms with van der Waals surface area (Å²) in [6, 6.07) is 6.56. The highest BCUT2D eigenvalue weighted by atomic mass is 16.5. The fourth-order valence-corrected chi connectivity index (χ4v) is 2.10. The number of nitrogens with zero attached hydrogens (tertiary/aromatic N) is 1. The second-order valence-corrected chi connectivity index (χ2v) is 5.85. The van der Waals surface area contributed by atoms with Crippen LogP contribution in [0.1, 0.15) is 31.4 Å². The lowest BCUT2D eigenvalue weighted by molar-refractivity contribution is -0.130. The fraction of sp³-hybridized carbons (Fsp3) is 0.588. The van der Waals surface area contributed by atoms with Crippen molar-refractivity contribution < 1.29 is 9.53 Å².